The number of imide groups is 1. The molecular weight excluding hydrogens is 393 g/mol. The molecule has 0 bridgehead atoms. The van der Waals surface area contributed by atoms with Crippen molar-refractivity contribution in [2.24, 2.45) is 0 Å². The van der Waals surface area contributed by atoms with Crippen LogP contribution in [0.15, 0.2) is 72.8 Å². The smallest absolute Gasteiger partial charge is 0.261 e. The Kier molecular flexibility index (Phi) is 5.85. The van der Waals surface area contributed by atoms with Gasteiger partial charge in [0.05, 0.1) is 17.2 Å². The second-order valence-corrected chi connectivity index (χ2v) is 7.94. The van der Waals surface area contributed by atoms with E-state index < -0.39 is 0 Å². The topological polar surface area (TPSA) is 46.6 Å². The lowest BCUT2D eigenvalue weighted by molar-refractivity contribution is 0.0651. The van der Waals surface area contributed by atoms with Crippen molar-refractivity contribution in [3.63, 3.8) is 0 Å². The SMILES string of the molecule is CC(C)Oc1ccc([C@@H](CCN2C(=O)c3ccccc3C2=O)c2ccc(F)cc2)cc1. The fourth-order valence-corrected chi connectivity index (χ4v) is 3.97. The van der Waals surface area contributed by atoms with Crippen LogP contribution in [0.1, 0.15) is 58.0 Å². The van der Waals surface area contributed by atoms with Crippen LogP contribution in [0.5, 0.6) is 5.75 Å². The van der Waals surface area contributed by atoms with Crippen LogP contribution in [-0.4, -0.2) is 29.4 Å². The second-order valence-electron chi connectivity index (χ2n) is 7.94. The minimum Gasteiger partial charge on any atom is -0.491 e. The molecule has 2 amide bonds. The molecule has 3 aromatic carbocycles. The first-order chi connectivity index (χ1) is 14.9. The van der Waals surface area contributed by atoms with Crippen LogP contribution < -0.4 is 4.74 Å². The van der Waals surface area contributed by atoms with Crippen molar-refractivity contribution in [3.8, 4) is 5.75 Å². The number of carbonyl (C=O) groups is 2. The first kappa shape index (κ1) is 20.8. The largest absolute Gasteiger partial charge is 0.491 e. The van der Waals surface area contributed by atoms with E-state index in [1.807, 2.05) is 38.1 Å². The average molecular weight is 417 g/mol. The van der Waals surface area contributed by atoms with E-state index >= 15 is 0 Å². The minimum absolute atomic E-state index is 0.0765. The predicted octanol–water partition coefficient (Wildman–Crippen LogP) is 5.43. The Balaban J connectivity index is 1.58. The molecule has 0 unspecified atom stereocenters. The van der Waals surface area contributed by atoms with Gasteiger partial charge in [0.2, 0.25) is 0 Å². The van der Waals surface area contributed by atoms with E-state index in [0.29, 0.717) is 17.5 Å². The summed E-state index contributed by atoms with van der Waals surface area (Å²) in [6, 6.07) is 21.0. The van der Waals surface area contributed by atoms with Gasteiger partial charge in [-0.1, -0.05) is 36.4 Å². The number of nitrogens with zero attached hydrogens (tertiary/aromatic N) is 1. The molecule has 4 nitrogen and oxygen atoms in total. The molecule has 0 saturated heterocycles. The third-order valence-electron chi connectivity index (χ3n) is 5.45. The number of halogens is 1. The quantitative estimate of drug-likeness (QED) is 0.482. The summed E-state index contributed by atoms with van der Waals surface area (Å²) in [5, 5.41) is 0. The van der Waals surface area contributed by atoms with Crippen molar-refractivity contribution in [2.75, 3.05) is 6.54 Å². The molecule has 0 radical (unpaired) electrons. The summed E-state index contributed by atoms with van der Waals surface area (Å²) < 4.78 is 19.2. The fraction of sp³-hybridized carbons (Fsp3) is 0.231. The number of fused-ring (bicyclic) bond motifs is 1. The summed E-state index contributed by atoms with van der Waals surface area (Å²) in [4.78, 5) is 26.8. The number of hydrogen-bond acceptors (Lipinski definition) is 3. The zero-order valence-electron chi connectivity index (χ0n) is 17.5. The van der Waals surface area contributed by atoms with E-state index in [9.17, 15) is 14.0 Å². The maximum atomic E-state index is 13.5. The molecule has 1 aliphatic rings. The van der Waals surface area contributed by atoms with Gasteiger partial charge in [-0.05, 0) is 67.8 Å². The maximum Gasteiger partial charge on any atom is 0.261 e. The molecule has 5 heteroatoms. The normalized spacial score (nSPS) is 14.1. The third-order valence-corrected chi connectivity index (χ3v) is 5.45. The molecule has 0 saturated carbocycles. The minimum atomic E-state index is -0.302. The number of rotatable bonds is 7. The lowest BCUT2D eigenvalue weighted by Crippen LogP contribution is -2.31. The Labute approximate surface area is 181 Å². The highest BCUT2D eigenvalue weighted by molar-refractivity contribution is 6.21. The first-order valence-electron chi connectivity index (χ1n) is 10.4. The molecule has 31 heavy (non-hydrogen) atoms. The molecule has 0 N–H and O–H groups in total. The predicted molar refractivity (Wildman–Crippen MR) is 117 cm³/mol. The highest BCUT2D eigenvalue weighted by Crippen LogP contribution is 2.31. The van der Waals surface area contributed by atoms with Crippen molar-refractivity contribution in [2.45, 2.75) is 32.3 Å². The van der Waals surface area contributed by atoms with Crippen LogP contribution in [0.3, 0.4) is 0 Å². The monoisotopic (exact) mass is 417 g/mol. The Bertz CT molecular complexity index is 1060. The summed E-state index contributed by atoms with van der Waals surface area (Å²) in [7, 11) is 0. The fourth-order valence-electron chi connectivity index (χ4n) is 3.97. The van der Waals surface area contributed by atoms with Crippen molar-refractivity contribution in [1.29, 1.82) is 0 Å². The summed E-state index contributed by atoms with van der Waals surface area (Å²) >= 11 is 0. The van der Waals surface area contributed by atoms with E-state index in [0.717, 1.165) is 16.9 Å². The Morgan fingerprint density at radius 1 is 0.806 bits per heavy atom. The summed E-state index contributed by atoms with van der Waals surface area (Å²) in [5.41, 5.74) is 2.83. The first-order valence-corrected chi connectivity index (χ1v) is 10.4. The molecule has 0 fully saturated rings. The standard InChI is InChI=1S/C26H24FNO3/c1-17(2)31-21-13-9-19(10-14-21)22(18-7-11-20(27)12-8-18)15-16-28-25(29)23-5-3-4-6-24(23)26(28)30/h3-14,17,22H,15-16H2,1-2H3/t22-/m0/s1. The Hall–Kier alpha value is -3.47. The van der Waals surface area contributed by atoms with E-state index in [4.69, 9.17) is 4.74 Å². The molecule has 1 atom stereocenters. The van der Waals surface area contributed by atoms with Gasteiger partial charge < -0.3 is 4.74 Å². The van der Waals surface area contributed by atoms with E-state index in [-0.39, 0.29) is 36.2 Å². The molecule has 1 heterocycles. The lowest BCUT2D eigenvalue weighted by atomic mass is 9.88. The van der Waals surface area contributed by atoms with Gasteiger partial charge in [0.25, 0.3) is 11.8 Å². The number of carbonyl (C=O) groups excluding carboxylic acids is 2. The molecule has 0 aliphatic carbocycles. The molecule has 158 valence electrons. The molecular formula is C26H24FNO3. The van der Waals surface area contributed by atoms with Gasteiger partial charge in [-0.3, -0.25) is 14.5 Å². The molecule has 3 aromatic rings. The molecule has 1 aliphatic heterocycles. The highest BCUT2D eigenvalue weighted by Gasteiger charge is 2.35. The Morgan fingerprint density at radius 2 is 1.32 bits per heavy atom. The van der Waals surface area contributed by atoms with Crippen LogP contribution in [0.25, 0.3) is 0 Å². The van der Waals surface area contributed by atoms with E-state index in [1.54, 1.807) is 36.4 Å². The number of ether oxygens (including phenoxy) is 1. The Morgan fingerprint density at radius 3 is 1.84 bits per heavy atom. The lowest BCUT2D eigenvalue weighted by Gasteiger charge is -2.22. The van der Waals surface area contributed by atoms with Gasteiger partial charge in [0.15, 0.2) is 0 Å². The van der Waals surface area contributed by atoms with Crippen LogP contribution in [-0.2, 0) is 0 Å². The number of hydrogen-bond donors (Lipinski definition) is 0. The van der Waals surface area contributed by atoms with Gasteiger partial charge in [-0.2, -0.15) is 0 Å². The molecule has 0 spiro atoms. The molecule has 4 rings (SSSR count). The highest BCUT2D eigenvalue weighted by atomic mass is 19.1. The van der Waals surface area contributed by atoms with Gasteiger partial charge in [0, 0.05) is 12.5 Å². The van der Waals surface area contributed by atoms with Gasteiger partial charge >= 0.3 is 0 Å². The summed E-state index contributed by atoms with van der Waals surface area (Å²) in [6.07, 6.45) is 0.606. The van der Waals surface area contributed by atoms with Gasteiger partial charge in [0.1, 0.15) is 11.6 Å². The average Bonchev–Trinajstić information content (AvgIpc) is 3.00. The third kappa shape index (κ3) is 4.36. The van der Waals surface area contributed by atoms with Crippen molar-refractivity contribution < 1.29 is 18.7 Å². The van der Waals surface area contributed by atoms with Crippen molar-refractivity contribution in [3.05, 3.63) is 101 Å². The number of benzene rings is 3. The van der Waals surface area contributed by atoms with Crippen molar-refractivity contribution >= 4 is 11.8 Å². The van der Waals surface area contributed by atoms with Crippen LogP contribution in [0, 0.1) is 5.82 Å². The zero-order chi connectivity index (χ0) is 22.0. The van der Waals surface area contributed by atoms with Crippen LogP contribution in [0.4, 0.5) is 4.39 Å². The van der Waals surface area contributed by atoms with E-state index in [2.05, 4.69) is 0 Å². The van der Waals surface area contributed by atoms with Crippen molar-refractivity contribution in [1.82, 2.24) is 4.90 Å². The van der Waals surface area contributed by atoms with Crippen LogP contribution >= 0.6 is 0 Å². The van der Waals surface area contributed by atoms with Gasteiger partial charge in [-0.25, -0.2) is 4.39 Å². The van der Waals surface area contributed by atoms with Crippen LogP contribution in [0.2, 0.25) is 0 Å². The van der Waals surface area contributed by atoms with E-state index in [1.165, 1.54) is 17.0 Å². The number of amides is 2. The van der Waals surface area contributed by atoms with Gasteiger partial charge in [-0.15, -0.1) is 0 Å². The maximum absolute atomic E-state index is 13.5. The second kappa shape index (κ2) is 8.72. The summed E-state index contributed by atoms with van der Waals surface area (Å²) in [5.74, 6) is -0.156. The molecule has 0 aromatic heterocycles. The zero-order valence-corrected chi connectivity index (χ0v) is 17.5. The summed E-state index contributed by atoms with van der Waals surface area (Å²) in [6.45, 7) is 4.22.